The minimum atomic E-state index is 0.674. The summed E-state index contributed by atoms with van der Waals surface area (Å²) in [6.07, 6.45) is 2.93. The minimum Gasteiger partial charge on any atom is -0.369 e. The summed E-state index contributed by atoms with van der Waals surface area (Å²) in [4.78, 5) is 2.44. The van der Waals surface area contributed by atoms with Crippen LogP contribution in [0.15, 0.2) is 24.3 Å². The van der Waals surface area contributed by atoms with E-state index in [1.54, 1.807) is 5.56 Å². The molecule has 1 saturated heterocycles. The number of para-hydroxylation sites is 1. The highest BCUT2D eigenvalue weighted by molar-refractivity contribution is 7.97. The van der Waals surface area contributed by atoms with E-state index in [-0.39, 0.29) is 0 Å². The summed E-state index contributed by atoms with van der Waals surface area (Å²) in [5, 5.41) is 0.841. The summed E-state index contributed by atoms with van der Waals surface area (Å²) in [6, 6.07) is 8.98. The molecule has 15 heavy (non-hydrogen) atoms. The second kappa shape index (κ2) is 3.75. The summed E-state index contributed by atoms with van der Waals surface area (Å²) in [7, 11) is 2.91. The quantitative estimate of drug-likeness (QED) is 0.658. The molecule has 2 heteroatoms. The van der Waals surface area contributed by atoms with Gasteiger partial charge in [-0.05, 0) is 29.8 Å². The zero-order chi connectivity index (χ0) is 10.3. The Morgan fingerprint density at radius 3 is 2.73 bits per heavy atom. The highest BCUT2D eigenvalue weighted by atomic mass is 32.2. The molecular formula is C13H18NS+. The first-order valence-electron chi connectivity index (χ1n) is 5.82. The van der Waals surface area contributed by atoms with Crippen LogP contribution in [0.25, 0.3) is 0 Å². The summed E-state index contributed by atoms with van der Waals surface area (Å²) >= 11 is 0. The lowest BCUT2D eigenvalue weighted by molar-refractivity contribution is 0.931. The summed E-state index contributed by atoms with van der Waals surface area (Å²) in [5.41, 5.74) is 3.09. The van der Waals surface area contributed by atoms with Gasteiger partial charge in [-0.2, -0.15) is 0 Å². The predicted molar refractivity (Wildman–Crippen MR) is 68.8 cm³/mol. The number of likely N-dealkylation sites (N-methyl/N-ethyl adjacent to an activating group) is 1. The van der Waals surface area contributed by atoms with Crippen LogP contribution in [0.2, 0.25) is 0 Å². The molecular weight excluding hydrogens is 202 g/mol. The molecule has 1 aromatic carbocycles. The van der Waals surface area contributed by atoms with Gasteiger partial charge in [0.1, 0.15) is 11.5 Å². The van der Waals surface area contributed by atoms with Crippen molar-refractivity contribution in [3.8, 4) is 0 Å². The zero-order valence-corrected chi connectivity index (χ0v) is 10.1. The molecule has 80 valence electrons. The monoisotopic (exact) mass is 220 g/mol. The third-order valence-corrected chi connectivity index (χ3v) is 6.43. The average Bonchev–Trinajstić information content (AvgIpc) is 2.87. The third-order valence-electron chi connectivity index (χ3n) is 3.60. The van der Waals surface area contributed by atoms with Crippen LogP contribution in [-0.4, -0.2) is 25.1 Å². The van der Waals surface area contributed by atoms with Crippen molar-refractivity contribution in [1.82, 2.24) is 0 Å². The molecule has 2 heterocycles. The number of anilines is 1. The first-order valence-corrected chi connectivity index (χ1v) is 7.45. The van der Waals surface area contributed by atoms with E-state index >= 15 is 0 Å². The lowest BCUT2D eigenvalue weighted by Gasteiger charge is -2.11. The van der Waals surface area contributed by atoms with E-state index in [1.807, 2.05) is 0 Å². The number of fused-ring (bicyclic) bond motifs is 1. The van der Waals surface area contributed by atoms with Gasteiger partial charge in [-0.3, -0.25) is 0 Å². The largest absolute Gasteiger partial charge is 0.369 e. The number of nitrogens with zero attached hydrogens (tertiary/aromatic N) is 1. The average molecular weight is 220 g/mol. The molecule has 1 unspecified atom stereocenters. The van der Waals surface area contributed by atoms with Crippen LogP contribution >= 0.6 is 0 Å². The zero-order valence-electron chi connectivity index (χ0n) is 9.28. The van der Waals surface area contributed by atoms with Gasteiger partial charge < -0.3 is 4.90 Å². The minimum absolute atomic E-state index is 0.674. The van der Waals surface area contributed by atoms with Crippen molar-refractivity contribution in [3.05, 3.63) is 29.8 Å². The van der Waals surface area contributed by atoms with Crippen molar-refractivity contribution < 1.29 is 0 Å². The molecule has 2 aliphatic rings. The van der Waals surface area contributed by atoms with E-state index in [1.165, 1.54) is 36.6 Å². The van der Waals surface area contributed by atoms with E-state index < -0.39 is 0 Å². The van der Waals surface area contributed by atoms with Crippen LogP contribution in [-0.2, 0) is 10.9 Å². The Morgan fingerprint density at radius 2 is 1.93 bits per heavy atom. The van der Waals surface area contributed by atoms with Gasteiger partial charge in [0, 0.05) is 18.3 Å². The van der Waals surface area contributed by atoms with Gasteiger partial charge in [-0.15, -0.1) is 0 Å². The normalized spacial score (nSPS) is 25.9. The summed E-state index contributed by atoms with van der Waals surface area (Å²) < 4.78 is 0. The maximum absolute atomic E-state index is 2.44. The van der Waals surface area contributed by atoms with E-state index in [0.29, 0.717) is 10.9 Å². The fourth-order valence-corrected chi connectivity index (χ4v) is 5.72. The van der Waals surface area contributed by atoms with Gasteiger partial charge in [0.25, 0.3) is 0 Å². The Bertz CT molecular complexity index is 357. The van der Waals surface area contributed by atoms with Crippen LogP contribution in [0.1, 0.15) is 23.7 Å². The molecule has 0 spiro atoms. The second-order valence-electron chi connectivity index (χ2n) is 4.58. The molecule has 0 amide bonds. The molecule has 1 atom stereocenters. The number of rotatable bonds is 1. The molecule has 1 nitrogen and oxygen atoms in total. The Kier molecular flexibility index (Phi) is 2.39. The van der Waals surface area contributed by atoms with Crippen molar-refractivity contribution in [3.63, 3.8) is 0 Å². The third kappa shape index (κ3) is 1.55. The fourth-order valence-electron chi connectivity index (χ4n) is 2.80. The second-order valence-corrected chi connectivity index (χ2v) is 7.04. The van der Waals surface area contributed by atoms with Crippen molar-refractivity contribution in [1.29, 1.82) is 0 Å². The molecule has 2 aliphatic heterocycles. The Morgan fingerprint density at radius 1 is 1.20 bits per heavy atom. The maximum Gasteiger partial charge on any atom is 0.162 e. The number of benzene rings is 1. The predicted octanol–water partition coefficient (Wildman–Crippen LogP) is 2.59. The van der Waals surface area contributed by atoms with E-state index in [2.05, 4.69) is 36.2 Å². The van der Waals surface area contributed by atoms with E-state index in [9.17, 15) is 0 Å². The SMILES string of the molecule is CN1CC([S+]2CCCC2)c2ccccc21. The Hall–Kier alpha value is -0.630. The highest BCUT2D eigenvalue weighted by Gasteiger charge is 2.40. The lowest BCUT2D eigenvalue weighted by Crippen LogP contribution is -2.21. The van der Waals surface area contributed by atoms with Crippen molar-refractivity contribution in [2.75, 3.05) is 30.0 Å². The first kappa shape index (κ1) is 9.59. The van der Waals surface area contributed by atoms with Gasteiger partial charge in [-0.1, -0.05) is 18.2 Å². The molecule has 0 bridgehead atoms. The van der Waals surface area contributed by atoms with Crippen LogP contribution < -0.4 is 4.90 Å². The summed E-state index contributed by atoms with van der Waals surface area (Å²) in [5.74, 6) is 2.96. The van der Waals surface area contributed by atoms with Gasteiger partial charge in [0.05, 0.1) is 6.54 Å². The van der Waals surface area contributed by atoms with Gasteiger partial charge in [0.15, 0.2) is 5.25 Å². The Labute approximate surface area is 94.8 Å². The summed E-state index contributed by atoms with van der Waals surface area (Å²) in [6.45, 7) is 1.25. The topological polar surface area (TPSA) is 3.24 Å². The molecule has 0 radical (unpaired) electrons. The van der Waals surface area contributed by atoms with Crippen molar-refractivity contribution >= 4 is 16.6 Å². The van der Waals surface area contributed by atoms with Gasteiger partial charge >= 0.3 is 0 Å². The van der Waals surface area contributed by atoms with Crippen LogP contribution in [0.5, 0.6) is 0 Å². The molecule has 1 aromatic rings. The van der Waals surface area contributed by atoms with Crippen LogP contribution in [0.4, 0.5) is 5.69 Å². The molecule has 0 saturated carbocycles. The highest BCUT2D eigenvalue weighted by Crippen LogP contribution is 2.41. The van der Waals surface area contributed by atoms with E-state index in [0.717, 1.165) is 5.25 Å². The van der Waals surface area contributed by atoms with Crippen molar-refractivity contribution in [2.45, 2.75) is 18.1 Å². The Balaban J connectivity index is 1.93. The molecule has 0 aromatic heterocycles. The number of hydrogen-bond donors (Lipinski definition) is 0. The molecule has 0 aliphatic carbocycles. The molecule has 0 N–H and O–H groups in total. The van der Waals surface area contributed by atoms with Crippen LogP contribution in [0.3, 0.4) is 0 Å². The van der Waals surface area contributed by atoms with Gasteiger partial charge in [0.2, 0.25) is 0 Å². The lowest BCUT2D eigenvalue weighted by atomic mass is 10.2. The molecule has 1 fully saturated rings. The van der Waals surface area contributed by atoms with E-state index in [4.69, 9.17) is 0 Å². The van der Waals surface area contributed by atoms with Crippen molar-refractivity contribution in [2.24, 2.45) is 0 Å². The fraction of sp³-hybridized carbons (Fsp3) is 0.538. The smallest absolute Gasteiger partial charge is 0.162 e. The number of hydrogen-bond acceptors (Lipinski definition) is 1. The maximum atomic E-state index is 2.44. The first-order chi connectivity index (χ1) is 7.36. The standard InChI is InChI=1S/C13H18NS/c1-14-10-13(15-8-4-5-9-15)11-6-2-3-7-12(11)14/h2-3,6-7,13H,4-5,8-10H2,1H3/q+1. The molecule has 3 rings (SSSR count). The van der Waals surface area contributed by atoms with Crippen LogP contribution in [0, 0.1) is 0 Å². The van der Waals surface area contributed by atoms with Gasteiger partial charge in [-0.25, -0.2) is 0 Å².